The van der Waals surface area contributed by atoms with Gasteiger partial charge in [0.1, 0.15) is 6.04 Å². The summed E-state index contributed by atoms with van der Waals surface area (Å²) in [6.07, 6.45) is 2.81. The van der Waals surface area contributed by atoms with Crippen LogP contribution in [0.3, 0.4) is 0 Å². The maximum atomic E-state index is 12.8. The smallest absolute Gasteiger partial charge is 0.329 e. The topological polar surface area (TPSA) is 122 Å². The lowest BCUT2D eigenvalue weighted by atomic mass is 9.81. The van der Waals surface area contributed by atoms with Crippen molar-refractivity contribution in [1.82, 2.24) is 15.8 Å². The second-order valence-electron chi connectivity index (χ2n) is 8.08. The van der Waals surface area contributed by atoms with Crippen molar-refractivity contribution >= 4 is 29.6 Å². The molecule has 2 saturated carbocycles. The highest BCUT2D eigenvalue weighted by Gasteiger charge is 2.62. The number of benzene rings is 1. The van der Waals surface area contributed by atoms with E-state index in [-0.39, 0.29) is 35.5 Å². The minimum atomic E-state index is -1.10. The lowest BCUT2D eigenvalue weighted by Gasteiger charge is -2.23. The van der Waals surface area contributed by atoms with Gasteiger partial charge in [0.2, 0.25) is 11.8 Å². The molecule has 0 spiro atoms. The normalized spacial score (nSPS) is 27.6. The molecule has 5 atom stereocenters. The molecule has 4 amide bonds. The van der Waals surface area contributed by atoms with Gasteiger partial charge in [0.25, 0.3) is 11.8 Å². The fourth-order valence-corrected chi connectivity index (χ4v) is 5.00. The van der Waals surface area contributed by atoms with Crippen molar-refractivity contribution in [3.8, 4) is 0 Å². The van der Waals surface area contributed by atoms with E-state index in [2.05, 4.69) is 10.9 Å². The molecule has 2 N–H and O–H groups in total. The first-order chi connectivity index (χ1) is 14.4. The van der Waals surface area contributed by atoms with E-state index < -0.39 is 30.4 Å². The van der Waals surface area contributed by atoms with Crippen LogP contribution < -0.4 is 10.9 Å². The van der Waals surface area contributed by atoms with E-state index in [1.807, 2.05) is 0 Å². The van der Waals surface area contributed by atoms with E-state index in [9.17, 15) is 24.0 Å². The molecule has 3 aliphatic rings. The SMILES string of the molecule is C[C@@H](C(=O)OCC(=O)NNC(=O)c1ccccc1)N1C(=O)[C@@H]2[C@H]3CC[C@@H](C3)[C@@H]2C1=O. The van der Waals surface area contributed by atoms with E-state index >= 15 is 0 Å². The zero-order chi connectivity index (χ0) is 21.4. The minimum absolute atomic E-state index is 0.226. The second kappa shape index (κ2) is 7.89. The van der Waals surface area contributed by atoms with Gasteiger partial charge in [-0.25, -0.2) is 4.79 Å². The third-order valence-electron chi connectivity index (χ3n) is 6.39. The van der Waals surface area contributed by atoms with Crippen LogP contribution >= 0.6 is 0 Å². The fraction of sp³-hybridized carbons (Fsp3) is 0.476. The van der Waals surface area contributed by atoms with Crippen molar-refractivity contribution in [2.45, 2.75) is 32.2 Å². The largest absolute Gasteiger partial charge is 0.454 e. The van der Waals surface area contributed by atoms with Crippen LogP contribution in [-0.4, -0.2) is 47.1 Å². The van der Waals surface area contributed by atoms with Crippen LogP contribution in [0.1, 0.15) is 36.5 Å². The Morgan fingerprint density at radius 1 is 1.03 bits per heavy atom. The number of likely N-dealkylation sites (tertiary alicyclic amines) is 1. The first-order valence-corrected chi connectivity index (χ1v) is 10.1. The summed E-state index contributed by atoms with van der Waals surface area (Å²) in [5.41, 5.74) is 4.72. The first-order valence-electron chi connectivity index (χ1n) is 10.1. The number of esters is 1. The summed E-state index contributed by atoms with van der Waals surface area (Å²) in [6, 6.07) is 7.18. The van der Waals surface area contributed by atoms with Gasteiger partial charge < -0.3 is 4.74 Å². The molecule has 9 nitrogen and oxygen atoms in total. The van der Waals surface area contributed by atoms with Crippen molar-refractivity contribution in [2.75, 3.05) is 6.61 Å². The first kappa shape index (κ1) is 20.1. The number of ether oxygens (including phenoxy) is 1. The monoisotopic (exact) mass is 413 g/mol. The van der Waals surface area contributed by atoms with Gasteiger partial charge in [0, 0.05) is 5.56 Å². The fourth-order valence-electron chi connectivity index (χ4n) is 5.00. The molecule has 2 bridgehead atoms. The molecule has 9 heteroatoms. The highest BCUT2D eigenvalue weighted by Crippen LogP contribution is 2.56. The van der Waals surface area contributed by atoms with Gasteiger partial charge in [0.05, 0.1) is 11.8 Å². The summed E-state index contributed by atoms with van der Waals surface area (Å²) < 4.78 is 4.96. The van der Waals surface area contributed by atoms with Crippen LogP contribution in [0, 0.1) is 23.7 Å². The number of hydrogen-bond donors (Lipinski definition) is 2. The Kier molecular flexibility index (Phi) is 5.27. The molecule has 1 aromatic carbocycles. The molecule has 4 rings (SSSR count). The Morgan fingerprint density at radius 3 is 2.23 bits per heavy atom. The number of nitrogens with one attached hydrogen (secondary N) is 2. The Bertz CT molecular complexity index is 873. The maximum absolute atomic E-state index is 12.8. The van der Waals surface area contributed by atoms with Crippen LogP contribution in [0.4, 0.5) is 0 Å². The molecule has 30 heavy (non-hydrogen) atoms. The van der Waals surface area contributed by atoms with Gasteiger partial charge in [-0.05, 0) is 50.2 Å². The quantitative estimate of drug-likeness (QED) is 0.410. The molecule has 1 saturated heterocycles. The average Bonchev–Trinajstić information content (AvgIpc) is 3.44. The van der Waals surface area contributed by atoms with Gasteiger partial charge in [0.15, 0.2) is 6.61 Å². The molecule has 0 unspecified atom stereocenters. The third-order valence-corrected chi connectivity index (χ3v) is 6.39. The number of carbonyl (C=O) groups excluding carboxylic acids is 5. The molecular formula is C21H23N3O6. The highest BCUT2D eigenvalue weighted by atomic mass is 16.5. The number of imide groups is 1. The van der Waals surface area contributed by atoms with Crippen molar-refractivity contribution < 1.29 is 28.7 Å². The molecule has 1 heterocycles. The zero-order valence-corrected chi connectivity index (χ0v) is 16.5. The molecule has 1 aromatic rings. The summed E-state index contributed by atoms with van der Waals surface area (Å²) in [7, 11) is 0. The number of amides is 4. The van der Waals surface area contributed by atoms with Crippen molar-refractivity contribution in [3.05, 3.63) is 35.9 Å². The number of fused-ring (bicyclic) bond motifs is 5. The molecule has 0 aromatic heterocycles. The minimum Gasteiger partial charge on any atom is -0.454 e. The third kappa shape index (κ3) is 3.44. The van der Waals surface area contributed by atoms with Gasteiger partial charge in [-0.1, -0.05) is 18.2 Å². The summed E-state index contributed by atoms with van der Waals surface area (Å²) in [5, 5.41) is 0. The van der Waals surface area contributed by atoms with Gasteiger partial charge >= 0.3 is 5.97 Å². The van der Waals surface area contributed by atoms with Gasteiger partial charge in [-0.15, -0.1) is 0 Å². The van der Waals surface area contributed by atoms with Crippen molar-refractivity contribution in [3.63, 3.8) is 0 Å². The number of nitrogens with zero attached hydrogens (tertiary/aromatic N) is 1. The Hall–Kier alpha value is -3.23. The summed E-state index contributed by atoms with van der Waals surface area (Å²) in [4.78, 5) is 62.6. The second-order valence-corrected chi connectivity index (χ2v) is 8.08. The van der Waals surface area contributed by atoms with E-state index in [0.29, 0.717) is 5.56 Å². The van der Waals surface area contributed by atoms with Crippen LogP contribution in [-0.2, 0) is 23.9 Å². The zero-order valence-electron chi connectivity index (χ0n) is 16.5. The molecular weight excluding hydrogens is 390 g/mol. The standard InChI is InChI=1S/C21H23N3O6/c1-11(24-19(27)16-13-7-8-14(9-13)17(16)20(24)28)21(29)30-10-15(25)22-23-18(26)12-5-3-2-4-6-12/h2-6,11,13-14,16-17H,7-10H2,1H3,(H,22,25)(H,23,26)/t11-,13-,14-,16-,17+/m0/s1. The molecule has 158 valence electrons. The Balaban J connectivity index is 1.27. The van der Waals surface area contributed by atoms with Crippen LogP contribution in [0.5, 0.6) is 0 Å². The lowest BCUT2D eigenvalue weighted by Crippen LogP contribution is -2.47. The van der Waals surface area contributed by atoms with Crippen molar-refractivity contribution in [1.29, 1.82) is 0 Å². The van der Waals surface area contributed by atoms with E-state index in [4.69, 9.17) is 4.74 Å². The van der Waals surface area contributed by atoms with Crippen molar-refractivity contribution in [2.24, 2.45) is 23.7 Å². The number of hydrazine groups is 1. The summed E-state index contributed by atoms with van der Waals surface area (Å²) >= 11 is 0. The molecule has 3 fully saturated rings. The van der Waals surface area contributed by atoms with Crippen LogP contribution in [0.25, 0.3) is 0 Å². The molecule has 1 aliphatic heterocycles. The van der Waals surface area contributed by atoms with Gasteiger partial charge in [-0.2, -0.15) is 0 Å². The Morgan fingerprint density at radius 2 is 1.63 bits per heavy atom. The van der Waals surface area contributed by atoms with E-state index in [1.54, 1.807) is 30.3 Å². The lowest BCUT2D eigenvalue weighted by molar-refractivity contribution is -0.160. The molecule has 2 aliphatic carbocycles. The maximum Gasteiger partial charge on any atom is 0.329 e. The van der Waals surface area contributed by atoms with Crippen LogP contribution in [0.2, 0.25) is 0 Å². The number of carbonyl (C=O) groups is 5. The van der Waals surface area contributed by atoms with E-state index in [1.165, 1.54) is 6.92 Å². The Labute approximate surface area is 173 Å². The number of hydrogen-bond acceptors (Lipinski definition) is 6. The van der Waals surface area contributed by atoms with E-state index in [0.717, 1.165) is 24.2 Å². The predicted molar refractivity (Wildman–Crippen MR) is 102 cm³/mol. The predicted octanol–water partition coefficient (Wildman–Crippen LogP) is 0.410. The average molecular weight is 413 g/mol. The summed E-state index contributed by atoms with van der Waals surface area (Å²) in [6.45, 7) is 0.780. The highest BCUT2D eigenvalue weighted by molar-refractivity contribution is 6.08. The van der Waals surface area contributed by atoms with Crippen LogP contribution in [0.15, 0.2) is 30.3 Å². The summed E-state index contributed by atoms with van der Waals surface area (Å²) in [5.74, 6) is -2.89. The molecule has 0 radical (unpaired) electrons. The number of rotatable bonds is 5. The van der Waals surface area contributed by atoms with Gasteiger partial charge in [-0.3, -0.25) is 34.9 Å².